The molecular formula is C15H16N4O. The Labute approximate surface area is 116 Å². The number of fused-ring (bicyclic) bond motifs is 1. The van der Waals surface area contributed by atoms with Gasteiger partial charge in [0.05, 0.1) is 13.3 Å². The van der Waals surface area contributed by atoms with Crippen LogP contribution in [0, 0.1) is 5.92 Å². The highest BCUT2D eigenvalue weighted by Crippen LogP contribution is 2.31. The normalized spacial score (nSPS) is 14.8. The van der Waals surface area contributed by atoms with Crippen molar-refractivity contribution in [2.24, 2.45) is 5.92 Å². The van der Waals surface area contributed by atoms with Gasteiger partial charge in [-0.2, -0.15) is 5.10 Å². The molecule has 1 aliphatic carbocycles. The molecule has 0 spiro atoms. The highest BCUT2D eigenvalue weighted by molar-refractivity contribution is 5.76. The fourth-order valence-corrected chi connectivity index (χ4v) is 2.43. The van der Waals surface area contributed by atoms with Gasteiger partial charge >= 0.3 is 0 Å². The molecule has 0 aliphatic heterocycles. The second-order valence-corrected chi connectivity index (χ2v) is 5.32. The number of rotatable bonds is 4. The van der Waals surface area contributed by atoms with Crippen LogP contribution >= 0.6 is 0 Å². The second kappa shape index (κ2) is 4.37. The van der Waals surface area contributed by atoms with E-state index < -0.39 is 0 Å². The molecule has 2 heterocycles. The molecule has 1 N–H and O–H groups in total. The first-order valence-electron chi connectivity index (χ1n) is 6.89. The van der Waals surface area contributed by atoms with Crippen LogP contribution in [0.5, 0.6) is 5.75 Å². The minimum Gasteiger partial charge on any atom is -0.497 e. The number of aromatic amines is 1. The first-order valence-corrected chi connectivity index (χ1v) is 6.89. The van der Waals surface area contributed by atoms with Crippen LogP contribution in [-0.4, -0.2) is 26.9 Å². The van der Waals surface area contributed by atoms with E-state index in [0.717, 1.165) is 40.8 Å². The van der Waals surface area contributed by atoms with Crippen LogP contribution < -0.4 is 4.74 Å². The van der Waals surface area contributed by atoms with Crippen LogP contribution in [0.1, 0.15) is 12.8 Å². The Morgan fingerprint density at radius 2 is 2.30 bits per heavy atom. The van der Waals surface area contributed by atoms with Gasteiger partial charge < -0.3 is 9.72 Å². The van der Waals surface area contributed by atoms with Gasteiger partial charge in [0.1, 0.15) is 17.1 Å². The SMILES string of the molecule is COc1cccc(-c2nc3c(cnn3CC3CC3)[nH]2)c1. The van der Waals surface area contributed by atoms with Gasteiger partial charge in [0.25, 0.3) is 0 Å². The summed E-state index contributed by atoms with van der Waals surface area (Å²) in [7, 11) is 1.67. The summed E-state index contributed by atoms with van der Waals surface area (Å²) in [6.45, 7) is 0.978. The van der Waals surface area contributed by atoms with Gasteiger partial charge in [-0.05, 0) is 30.9 Å². The van der Waals surface area contributed by atoms with E-state index in [9.17, 15) is 0 Å². The molecule has 0 saturated heterocycles. The van der Waals surface area contributed by atoms with E-state index in [0.29, 0.717) is 0 Å². The molecule has 20 heavy (non-hydrogen) atoms. The lowest BCUT2D eigenvalue weighted by molar-refractivity contribution is 0.415. The van der Waals surface area contributed by atoms with Gasteiger partial charge in [-0.3, -0.25) is 0 Å². The lowest BCUT2D eigenvalue weighted by Crippen LogP contribution is -2.01. The average Bonchev–Trinajstić information content (AvgIpc) is 3.07. The van der Waals surface area contributed by atoms with Crippen molar-refractivity contribution in [2.45, 2.75) is 19.4 Å². The van der Waals surface area contributed by atoms with Gasteiger partial charge in [-0.15, -0.1) is 0 Å². The number of ether oxygens (including phenoxy) is 1. The van der Waals surface area contributed by atoms with Crippen molar-refractivity contribution < 1.29 is 4.74 Å². The first kappa shape index (κ1) is 11.5. The van der Waals surface area contributed by atoms with Crippen molar-refractivity contribution in [3.63, 3.8) is 0 Å². The lowest BCUT2D eigenvalue weighted by atomic mass is 10.2. The monoisotopic (exact) mass is 268 g/mol. The summed E-state index contributed by atoms with van der Waals surface area (Å²) in [5, 5.41) is 4.40. The Kier molecular flexibility index (Phi) is 2.52. The summed E-state index contributed by atoms with van der Waals surface area (Å²) in [6, 6.07) is 7.91. The molecule has 1 aliphatic rings. The molecule has 1 aromatic carbocycles. The third-order valence-corrected chi connectivity index (χ3v) is 3.75. The molecule has 0 bridgehead atoms. The molecule has 5 heteroatoms. The number of nitrogens with one attached hydrogen (secondary N) is 1. The second-order valence-electron chi connectivity index (χ2n) is 5.32. The third-order valence-electron chi connectivity index (χ3n) is 3.75. The van der Waals surface area contributed by atoms with Crippen molar-refractivity contribution in [1.82, 2.24) is 19.7 Å². The maximum absolute atomic E-state index is 5.26. The van der Waals surface area contributed by atoms with E-state index in [-0.39, 0.29) is 0 Å². The van der Waals surface area contributed by atoms with Crippen molar-refractivity contribution >= 4 is 11.2 Å². The van der Waals surface area contributed by atoms with Crippen molar-refractivity contribution in [3.05, 3.63) is 30.5 Å². The summed E-state index contributed by atoms with van der Waals surface area (Å²) in [5.74, 6) is 2.48. The van der Waals surface area contributed by atoms with Crippen LogP contribution in [-0.2, 0) is 6.54 Å². The van der Waals surface area contributed by atoms with Crippen molar-refractivity contribution in [1.29, 1.82) is 0 Å². The number of nitrogens with zero attached hydrogens (tertiary/aromatic N) is 3. The van der Waals surface area contributed by atoms with Gasteiger partial charge in [-0.25, -0.2) is 9.67 Å². The Morgan fingerprint density at radius 1 is 1.40 bits per heavy atom. The Morgan fingerprint density at radius 3 is 3.10 bits per heavy atom. The molecule has 1 saturated carbocycles. The number of aromatic nitrogens is 4. The van der Waals surface area contributed by atoms with Gasteiger partial charge in [0, 0.05) is 12.1 Å². The Balaban J connectivity index is 1.73. The van der Waals surface area contributed by atoms with Crippen LogP contribution in [0.25, 0.3) is 22.6 Å². The summed E-state index contributed by atoms with van der Waals surface area (Å²) < 4.78 is 7.26. The smallest absolute Gasteiger partial charge is 0.176 e. The summed E-state index contributed by atoms with van der Waals surface area (Å²) in [5.41, 5.74) is 2.96. The molecule has 0 radical (unpaired) electrons. The third kappa shape index (κ3) is 1.95. The summed E-state index contributed by atoms with van der Waals surface area (Å²) >= 11 is 0. The number of hydrogen-bond donors (Lipinski definition) is 1. The predicted molar refractivity (Wildman–Crippen MR) is 76.6 cm³/mol. The zero-order valence-electron chi connectivity index (χ0n) is 11.3. The fraction of sp³-hybridized carbons (Fsp3) is 0.333. The Bertz CT molecular complexity index is 754. The molecule has 2 aromatic heterocycles. The minimum absolute atomic E-state index is 0.787. The molecule has 4 rings (SSSR count). The maximum atomic E-state index is 5.26. The topological polar surface area (TPSA) is 55.7 Å². The molecule has 0 unspecified atom stereocenters. The predicted octanol–water partition coefficient (Wildman–Crippen LogP) is 2.85. The number of imidazole rings is 1. The largest absolute Gasteiger partial charge is 0.497 e. The average molecular weight is 268 g/mol. The quantitative estimate of drug-likeness (QED) is 0.791. The standard InChI is InChI=1S/C15H16N4O/c1-20-12-4-2-3-11(7-12)14-17-13-8-16-19(15(13)18-14)9-10-5-6-10/h2-4,7-8,10H,5-6,9H2,1H3,(H,17,18). The van der Waals surface area contributed by atoms with E-state index >= 15 is 0 Å². The first-order chi connectivity index (χ1) is 9.83. The number of benzene rings is 1. The zero-order chi connectivity index (χ0) is 13.5. The van der Waals surface area contributed by atoms with Crippen LogP contribution in [0.4, 0.5) is 0 Å². The van der Waals surface area contributed by atoms with Crippen molar-refractivity contribution in [2.75, 3.05) is 7.11 Å². The number of hydrogen-bond acceptors (Lipinski definition) is 3. The van der Waals surface area contributed by atoms with Crippen molar-refractivity contribution in [3.8, 4) is 17.1 Å². The molecule has 3 aromatic rings. The van der Waals surface area contributed by atoms with Gasteiger partial charge in [-0.1, -0.05) is 12.1 Å². The summed E-state index contributed by atoms with van der Waals surface area (Å²) in [4.78, 5) is 8.02. The molecule has 5 nitrogen and oxygen atoms in total. The highest BCUT2D eigenvalue weighted by atomic mass is 16.5. The van der Waals surface area contributed by atoms with Gasteiger partial charge in [0.2, 0.25) is 0 Å². The van der Waals surface area contributed by atoms with Gasteiger partial charge in [0.15, 0.2) is 5.65 Å². The van der Waals surface area contributed by atoms with E-state index in [1.165, 1.54) is 12.8 Å². The molecule has 1 fully saturated rings. The minimum atomic E-state index is 0.787. The molecule has 0 atom stereocenters. The molecule has 0 amide bonds. The van der Waals surface area contributed by atoms with Crippen LogP contribution in [0.15, 0.2) is 30.5 Å². The lowest BCUT2D eigenvalue weighted by Gasteiger charge is -2.01. The van der Waals surface area contributed by atoms with E-state index in [1.54, 1.807) is 7.11 Å². The fourth-order valence-electron chi connectivity index (χ4n) is 2.43. The van der Waals surface area contributed by atoms with E-state index in [2.05, 4.69) is 15.1 Å². The van der Waals surface area contributed by atoms with Crippen LogP contribution in [0.2, 0.25) is 0 Å². The van der Waals surface area contributed by atoms with E-state index in [4.69, 9.17) is 4.74 Å². The highest BCUT2D eigenvalue weighted by Gasteiger charge is 2.23. The molecular weight excluding hydrogens is 252 g/mol. The Hall–Kier alpha value is -2.30. The zero-order valence-corrected chi connectivity index (χ0v) is 11.3. The maximum Gasteiger partial charge on any atom is 0.176 e. The number of methoxy groups -OCH3 is 1. The number of H-pyrrole nitrogens is 1. The van der Waals surface area contributed by atoms with E-state index in [1.807, 2.05) is 35.1 Å². The molecule has 102 valence electrons. The summed E-state index contributed by atoms with van der Waals surface area (Å²) in [6.07, 6.45) is 4.48. The van der Waals surface area contributed by atoms with Crippen LogP contribution in [0.3, 0.4) is 0 Å².